The zero-order chi connectivity index (χ0) is 12.8. The van der Waals surface area contributed by atoms with Crippen molar-refractivity contribution in [3.05, 3.63) is 46.5 Å². The Labute approximate surface area is 107 Å². The van der Waals surface area contributed by atoms with Gasteiger partial charge >= 0.3 is 6.18 Å². The first-order valence-electron chi connectivity index (χ1n) is 4.83. The average molecular weight is 272 g/mol. The van der Waals surface area contributed by atoms with E-state index in [1.54, 1.807) is 13.0 Å². The molecule has 1 aliphatic carbocycles. The van der Waals surface area contributed by atoms with Gasteiger partial charge in [0, 0.05) is 16.7 Å². The smallest absolute Gasteiger partial charge is 0.166 e. The zero-order valence-corrected chi connectivity index (χ0v) is 10.4. The molecule has 17 heavy (non-hydrogen) atoms. The highest BCUT2D eigenvalue weighted by molar-refractivity contribution is 7.84. The molecule has 0 N–H and O–H groups in total. The van der Waals surface area contributed by atoms with E-state index in [-0.39, 0.29) is 0 Å². The van der Waals surface area contributed by atoms with E-state index in [0.717, 1.165) is 12.1 Å². The van der Waals surface area contributed by atoms with Crippen molar-refractivity contribution in [1.82, 2.24) is 0 Å². The van der Waals surface area contributed by atoms with Gasteiger partial charge in [-0.25, -0.2) is 0 Å². The number of thiocarbonyl (C=S) groups is 2. The van der Waals surface area contributed by atoms with Crippen LogP contribution in [0.4, 0.5) is 13.2 Å². The molecule has 0 aromatic heterocycles. The van der Waals surface area contributed by atoms with Crippen LogP contribution in [0.15, 0.2) is 29.8 Å². The van der Waals surface area contributed by atoms with Gasteiger partial charge in [-0.3, -0.25) is 0 Å². The van der Waals surface area contributed by atoms with Gasteiger partial charge in [0.2, 0.25) is 0 Å². The van der Waals surface area contributed by atoms with E-state index in [0.29, 0.717) is 26.4 Å². The number of hydrogen-bond donors (Lipinski definition) is 0. The fraction of sp³-hybridized carbons (Fsp3) is 0.167. The predicted octanol–water partition coefficient (Wildman–Crippen LogP) is 4.10. The third-order valence-electron chi connectivity index (χ3n) is 2.61. The van der Waals surface area contributed by atoms with Crippen molar-refractivity contribution in [2.24, 2.45) is 0 Å². The summed E-state index contributed by atoms with van der Waals surface area (Å²) in [6.07, 6.45) is -2.62. The lowest BCUT2D eigenvalue weighted by Crippen LogP contribution is -2.06. The van der Waals surface area contributed by atoms with E-state index in [2.05, 4.69) is 0 Å². The Balaban J connectivity index is 2.62. The molecule has 5 heteroatoms. The van der Waals surface area contributed by atoms with Gasteiger partial charge in [0.05, 0.1) is 15.3 Å². The van der Waals surface area contributed by atoms with Crippen LogP contribution in [-0.4, -0.2) is 9.73 Å². The highest BCUT2D eigenvalue weighted by Crippen LogP contribution is 2.35. The molecule has 0 atom stereocenters. The predicted molar refractivity (Wildman–Crippen MR) is 68.6 cm³/mol. The molecule has 0 fully saturated rings. The Morgan fingerprint density at radius 1 is 1.06 bits per heavy atom. The summed E-state index contributed by atoms with van der Waals surface area (Å²) in [5, 5.41) is 0. The van der Waals surface area contributed by atoms with E-state index in [1.165, 1.54) is 6.07 Å². The Morgan fingerprint density at radius 3 is 2.18 bits per heavy atom. The van der Waals surface area contributed by atoms with Crippen LogP contribution in [-0.2, 0) is 6.18 Å². The van der Waals surface area contributed by atoms with Gasteiger partial charge in [0.25, 0.3) is 0 Å². The van der Waals surface area contributed by atoms with E-state index >= 15 is 0 Å². The first kappa shape index (κ1) is 12.4. The van der Waals surface area contributed by atoms with Crippen molar-refractivity contribution in [3.8, 4) is 0 Å². The van der Waals surface area contributed by atoms with Crippen molar-refractivity contribution in [2.75, 3.05) is 0 Å². The van der Waals surface area contributed by atoms with Crippen LogP contribution in [0.3, 0.4) is 0 Å². The number of fused-ring (bicyclic) bond motifs is 1. The highest BCUT2D eigenvalue weighted by atomic mass is 32.1. The molecule has 2 rings (SSSR count). The lowest BCUT2D eigenvalue weighted by molar-refractivity contribution is -0.137. The topological polar surface area (TPSA) is 0 Å². The number of benzene rings is 1. The van der Waals surface area contributed by atoms with Crippen LogP contribution in [0.25, 0.3) is 0 Å². The molecule has 88 valence electrons. The molecule has 1 aromatic carbocycles. The molecule has 0 amide bonds. The maximum atomic E-state index is 12.6. The van der Waals surface area contributed by atoms with Crippen molar-refractivity contribution in [1.29, 1.82) is 0 Å². The van der Waals surface area contributed by atoms with Gasteiger partial charge < -0.3 is 0 Å². The van der Waals surface area contributed by atoms with E-state index in [9.17, 15) is 13.2 Å². The van der Waals surface area contributed by atoms with Crippen LogP contribution in [0.2, 0.25) is 0 Å². The Hall–Kier alpha value is -1.07. The monoisotopic (exact) mass is 272 g/mol. The lowest BCUT2D eigenvalue weighted by Gasteiger charge is -2.07. The molecule has 0 nitrogen and oxygen atoms in total. The second-order valence-corrected chi connectivity index (χ2v) is 4.44. The number of rotatable bonds is 0. The zero-order valence-electron chi connectivity index (χ0n) is 8.76. The van der Waals surface area contributed by atoms with Gasteiger partial charge in [-0.1, -0.05) is 36.6 Å². The molecular formula is C12H7F3S2. The molecule has 0 spiro atoms. The summed E-state index contributed by atoms with van der Waals surface area (Å²) in [6.45, 7) is 1.77. The molecule has 0 saturated carbocycles. The molecular weight excluding hydrogens is 265 g/mol. The first-order chi connectivity index (χ1) is 7.86. The van der Waals surface area contributed by atoms with Gasteiger partial charge in [0.1, 0.15) is 0 Å². The van der Waals surface area contributed by atoms with E-state index in [4.69, 9.17) is 24.4 Å². The average Bonchev–Trinajstić information content (AvgIpc) is 2.50. The Kier molecular flexibility index (Phi) is 2.91. The molecule has 0 unspecified atom stereocenters. The largest absolute Gasteiger partial charge is 0.416 e. The normalized spacial score (nSPS) is 17.8. The van der Waals surface area contributed by atoms with Crippen molar-refractivity contribution < 1.29 is 13.2 Å². The fourth-order valence-electron chi connectivity index (χ4n) is 1.76. The fourth-order valence-corrected chi connectivity index (χ4v) is 2.61. The summed E-state index contributed by atoms with van der Waals surface area (Å²) in [5.41, 5.74) is 1.00. The minimum atomic E-state index is -4.36. The summed E-state index contributed by atoms with van der Waals surface area (Å²) in [4.78, 5) is 0.930. The second kappa shape index (κ2) is 3.99. The van der Waals surface area contributed by atoms with Crippen molar-refractivity contribution in [2.45, 2.75) is 13.1 Å². The van der Waals surface area contributed by atoms with Crippen LogP contribution in [0.5, 0.6) is 0 Å². The molecule has 0 saturated heterocycles. The maximum absolute atomic E-state index is 12.6. The molecule has 0 heterocycles. The van der Waals surface area contributed by atoms with Crippen LogP contribution >= 0.6 is 24.4 Å². The first-order valence-corrected chi connectivity index (χ1v) is 5.65. The Bertz CT molecular complexity index is 553. The highest BCUT2D eigenvalue weighted by Gasteiger charge is 2.34. The SMILES string of the molecule is C/C=C1\C(=S)c2ccc(C(F)(F)F)cc2C1=S. The number of allylic oxidation sites excluding steroid dienone is 2. The summed E-state index contributed by atoms with van der Waals surface area (Å²) in [5.74, 6) is 0. The van der Waals surface area contributed by atoms with Crippen LogP contribution in [0.1, 0.15) is 23.6 Å². The molecule has 0 radical (unpaired) electrons. The quantitative estimate of drug-likeness (QED) is 0.515. The molecule has 0 aliphatic heterocycles. The number of halogens is 3. The van der Waals surface area contributed by atoms with Crippen LogP contribution < -0.4 is 0 Å². The van der Waals surface area contributed by atoms with E-state index < -0.39 is 11.7 Å². The minimum absolute atomic E-state index is 0.401. The summed E-state index contributed by atoms with van der Waals surface area (Å²) in [7, 11) is 0. The summed E-state index contributed by atoms with van der Waals surface area (Å²) in [6, 6.07) is 3.50. The van der Waals surface area contributed by atoms with Gasteiger partial charge in [0.15, 0.2) is 0 Å². The van der Waals surface area contributed by atoms with Crippen LogP contribution in [0, 0.1) is 0 Å². The molecule has 0 bridgehead atoms. The minimum Gasteiger partial charge on any atom is -0.166 e. The number of hydrogen-bond acceptors (Lipinski definition) is 2. The molecule has 1 aromatic rings. The summed E-state index contributed by atoms with van der Waals surface area (Å²) >= 11 is 10.3. The maximum Gasteiger partial charge on any atom is 0.416 e. The number of alkyl halides is 3. The van der Waals surface area contributed by atoms with Gasteiger partial charge in [-0.2, -0.15) is 13.2 Å². The van der Waals surface area contributed by atoms with Crippen molar-refractivity contribution >= 4 is 34.2 Å². The summed E-state index contributed by atoms with van der Waals surface area (Å²) < 4.78 is 37.7. The van der Waals surface area contributed by atoms with E-state index in [1.807, 2.05) is 0 Å². The van der Waals surface area contributed by atoms with Crippen molar-refractivity contribution in [3.63, 3.8) is 0 Å². The third kappa shape index (κ3) is 1.93. The second-order valence-electron chi connectivity index (χ2n) is 3.62. The van der Waals surface area contributed by atoms with Gasteiger partial charge in [-0.15, -0.1) is 0 Å². The Morgan fingerprint density at radius 2 is 1.65 bits per heavy atom. The third-order valence-corrected chi connectivity index (χ3v) is 3.49. The standard InChI is InChI=1S/C12H7F3S2/c1-2-7-10(16)8-4-3-6(12(13,14)15)5-9(8)11(7)17/h2-5H,1H3/b7-2+. The lowest BCUT2D eigenvalue weighted by atomic mass is 10.1. The van der Waals surface area contributed by atoms with Gasteiger partial charge in [-0.05, 0) is 19.1 Å². The molecule has 1 aliphatic rings.